The van der Waals surface area contributed by atoms with E-state index in [0.717, 1.165) is 0 Å². The van der Waals surface area contributed by atoms with Gasteiger partial charge in [0, 0.05) is 41.1 Å². The van der Waals surface area contributed by atoms with E-state index in [9.17, 15) is 50.4 Å². The van der Waals surface area contributed by atoms with Gasteiger partial charge in [0.15, 0.2) is 30.9 Å². The van der Waals surface area contributed by atoms with E-state index in [1.807, 2.05) is 6.92 Å². The average Bonchev–Trinajstić information content (AvgIpc) is 3.57. The van der Waals surface area contributed by atoms with Gasteiger partial charge >= 0.3 is 5.97 Å². The summed E-state index contributed by atoms with van der Waals surface area (Å²) in [5, 5.41) is 89.6. The monoisotopic (exact) mass is 1030 g/mol. The summed E-state index contributed by atoms with van der Waals surface area (Å²) in [5.74, 6) is -1.53. The highest BCUT2D eigenvalue weighted by Gasteiger charge is 2.82. The molecule has 4 saturated carbocycles. The number of aliphatic hydroxyl groups excluding tert-OH is 5. The van der Waals surface area contributed by atoms with E-state index >= 15 is 0 Å². The third-order valence-corrected chi connectivity index (χ3v) is 19.0. The molecular formula is C50H82O22. The van der Waals surface area contributed by atoms with Crippen LogP contribution in [0.15, 0.2) is 0 Å². The lowest BCUT2D eigenvalue weighted by Gasteiger charge is -2.69. The molecule has 0 radical (unpaired) electrons. The minimum atomic E-state index is -1.99. The Bertz CT molecular complexity index is 1900. The van der Waals surface area contributed by atoms with Crippen LogP contribution in [-0.4, -0.2) is 220 Å². The zero-order valence-corrected chi connectivity index (χ0v) is 43.3. The molecular weight excluding hydrogens is 953 g/mol. The molecule has 4 heterocycles. The van der Waals surface area contributed by atoms with Crippen molar-refractivity contribution in [2.75, 3.05) is 27.9 Å². The molecule has 22 nitrogen and oxygen atoms in total. The number of ketones is 1. The van der Waals surface area contributed by atoms with Gasteiger partial charge in [0.25, 0.3) is 0 Å². The van der Waals surface area contributed by atoms with Crippen LogP contribution in [0.5, 0.6) is 0 Å². The summed E-state index contributed by atoms with van der Waals surface area (Å²) in [6, 6.07) is 0. The van der Waals surface area contributed by atoms with Gasteiger partial charge in [-0.3, -0.25) is 9.59 Å². The second-order valence-corrected chi connectivity index (χ2v) is 22.5. The predicted octanol–water partition coefficient (Wildman–Crippen LogP) is -0.118. The highest BCUT2D eigenvalue weighted by Crippen LogP contribution is 2.72. The van der Waals surface area contributed by atoms with E-state index in [1.165, 1.54) is 28.1 Å². The van der Waals surface area contributed by atoms with Gasteiger partial charge in [-0.25, -0.2) is 0 Å². The Kier molecular flexibility index (Phi) is 16.7. The van der Waals surface area contributed by atoms with Crippen LogP contribution in [0.25, 0.3) is 0 Å². The fourth-order valence-electron chi connectivity index (χ4n) is 14.7. The number of Topliss-reactive ketones (excluding diaryl/α,β-unsaturated/α-hetero) is 1. The van der Waals surface area contributed by atoms with Gasteiger partial charge in [-0.2, -0.15) is 0 Å². The Labute approximate surface area is 421 Å². The zero-order valence-electron chi connectivity index (χ0n) is 43.3. The highest BCUT2D eigenvalue weighted by molar-refractivity contribution is 5.87. The van der Waals surface area contributed by atoms with E-state index in [1.54, 1.807) is 27.9 Å². The average molecular weight is 1040 g/mol. The number of hydrogen-bond acceptors (Lipinski definition) is 22. The Hall–Kier alpha value is -1.62. The van der Waals surface area contributed by atoms with Crippen LogP contribution in [0.3, 0.4) is 0 Å². The quantitative estimate of drug-likeness (QED) is 0.0831. The van der Waals surface area contributed by atoms with Crippen LogP contribution in [0.2, 0.25) is 0 Å². The van der Waals surface area contributed by atoms with Crippen LogP contribution in [-0.2, 0) is 66.4 Å². The van der Waals surface area contributed by atoms with Crippen LogP contribution in [0.1, 0.15) is 113 Å². The predicted molar refractivity (Wildman–Crippen MR) is 245 cm³/mol. The molecule has 27 atom stereocenters. The molecule has 8 rings (SSSR count). The largest absolute Gasteiger partial charge is 0.462 e. The topological polar surface area (TPSA) is 307 Å². The van der Waals surface area contributed by atoms with Crippen LogP contribution < -0.4 is 0 Å². The molecule has 0 spiro atoms. The molecule has 4 saturated heterocycles. The second kappa shape index (κ2) is 21.3. The molecule has 0 aromatic heterocycles. The molecule has 0 aromatic rings. The zero-order chi connectivity index (χ0) is 52.6. The number of esters is 1. The number of rotatable bonds is 14. The summed E-state index contributed by atoms with van der Waals surface area (Å²) < 4.78 is 73.6. The summed E-state index contributed by atoms with van der Waals surface area (Å²) in [6.45, 7) is 11.0. The summed E-state index contributed by atoms with van der Waals surface area (Å²) in [4.78, 5) is 25.6. The van der Waals surface area contributed by atoms with Gasteiger partial charge in [-0.05, 0) is 103 Å². The number of aliphatic hydroxyl groups is 8. The van der Waals surface area contributed by atoms with Gasteiger partial charge in [-0.15, -0.1) is 0 Å². The molecule has 8 aliphatic rings. The molecule has 414 valence electrons. The minimum Gasteiger partial charge on any atom is -0.462 e. The van der Waals surface area contributed by atoms with Crippen molar-refractivity contribution in [2.24, 2.45) is 22.7 Å². The fraction of sp³-hybridized carbons (Fsp3) is 0.960. The Balaban J connectivity index is 0.862. The number of carbonyl (C=O) groups is 2. The number of methoxy groups -OCH3 is 3. The van der Waals surface area contributed by atoms with E-state index in [4.69, 9.17) is 56.8 Å². The van der Waals surface area contributed by atoms with Crippen molar-refractivity contribution in [3.05, 3.63) is 0 Å². The Morgan fingerprint density at radius 2 is 1.19 bits per heavy atom. The van der Waals surface area contributed by atoms with Gasteiger partial charge in [0.05, 0.1) is 54.2 Å². The summed E-state index contributed by atoms with van der Waals surface area (Å²) in [7, 11) is 4.50. The van der Waals surface area contributed by atoms with Gasteiger partial charge in [0.1, 0.15) is 72.2 Å². The molecule has 72 heavy (non-hydrogen) atoms. The first kappa shape index (κ1) is 56.6. The first-order valence-electron chi connectivity index (χ1n) is 25.9. The number of ether oxygens (including phenoxy) is 12. The first-order valence-corrected chi connectivity index (χ1v) is 25.9. The number of carbonyl (C=O) groups excluding carboxylic acids is 2. The smallest absolute Gasteiger partial charge is 0.302 e. The van der Waals surface area contributed by atoms with Gasteiger partial charge in [0.2, 0.25) is 0 Å². The molecule has 0 aromatic carbocycles. The van der Waals surface area contributed by atoms with E-state index in [2.05, 4.69) is 6.92 Å². The fourth-order valence-corrected chi connectivity index (χ4v) is 14.7. The molecule has 0 amide bonds. The standard InChI is InChI=1S/C50H82O22/c1-22-40(70-35-19-30(62-9)41(23(2)65-35)71-45-39(57)43(63-10)42(24(3)66-45)72-44-38(56)37(55)36(54)31(21-51)69-44)29(61-8)18-34(64-22)68-28-12-13-46(6)27(17-28)11-14-49(59)32(46)20-33(67-26(5)53)47(7)48(58,25(4)52)15-16-50(47,49)60/h22-24,27-45,51,54-60H,11-21H2,1-10H3/t22-,23-,24-,27+,28+,29+,30+,31-,32-,33-,34+,35+,36-,37+,38-,39-,40-,41-,42-,43+,44+,45+,46+,47-,48-,49+,50-/m1/s1. The van der Waals surface area contributed by atoms with Crippen molar-refractivity contribution in [3.63, 3.8) is 0 Å². The minimum absolute atomic E-state index is 0.0106. The third-order valence-electron chi connectivity index (χ3n) is 19.0. The van der Waals surface area contributed by atoms with Crippen molar-refractivity contribution in [1.82, 2.24) is 0 Å². The summed E-state index contributed by atoms with van der Waals surface area (Å²) >= 11 is 0. The molecule has 0 unspecified atom stereocenters. The maximum Gasteiger partial charge on any atom is 0.302 e. The molecule has 4 aliphatic heterocycles. The van der Waals surface area contributed by atoms with Crippen LogP contribution in [0, 0.1) is 22.7 Å². The molecule has 22 heteroatoms. The Morgan fingerprint density at radius 3 is 1.78 bits per heavy atom. The summed E-state index contributed by atoms with van der Waals surface area (Å²) in [5.41, 5.74) is -7.62. The SMILES string of the molecule is CO[C@H]1[C@@H](O)[C@H](O[C@H]2[C@@H](OC)C[C@H](O[C@H]3[C@@H](OC)C[C@H](O[C@H]4CC[C@@]5(C)[C@@H](CC[C@]6(O)[C@@H]5C[C@@H](OC(C)=O)[C@@]5(C)[C@]6(O)CC[C@@]5(O)C(C)=O)C4)O[C@@H]3C)O[C@@H]2C)O[C@H](C)[C@H]1O[C@@H]1O[C@H](CO)[C@@H](O)[C@H](O)[C@H]1O. The summed E-state index contributed by atoms with van der Waals surface area (Å²) in [6.07, 6.45) is -15.8. The number of fused-ring (bicyclic) bond motifs is 5. The molecule has 8 N–H and O–H groups in total. The Morgan fingerprint density at radius 1 is 0.611 bits per heavy atom. The van der Waals surface area contributed by atoms with Crippen molar-refractivity contribution in [1.29, 1.82) is 0 Å². The first-order chi connectivity index (χ1) is 33.9. The van der Waals surface area contributed by atoms with Crippen molar-refractivity contribution in [3.8, 4) is 0 Å². The van der Waals surface area contributed by atoms with Crippen molar-refractivity contribution >= 4 is 11.8 Å². The number of hydrogen-bond donors (Lipinski definition) is 8. The highest BCUT2D eigenvalue weighted by atomic mass is 16.8. The second-order valence-electron chi connectivity index (χ2n) is 22.5. The van der Waals surface area contributed by atoms with E-state index < -0.39 is 169 Å². The normalized spacial score (nSPS) is 53.8. The molecule has 0 bridgehead atoms. The lowest BCUT2D eigenvalue weighted by atomic mass is 9.40. The van der Waals surface area contributed by atoms with E-state index in [0.29, 0.717) is 32.1 Å². The molecule has 4 aliphatic carbocycles. The lowest BCUT2D eigenvalue weighted by Crippen LogP contribution is -2.79. The molecule has 8 fully saturated rings. The van der Waals surface area contributed by atoms with E-state index in [-0.39, 0.29) is 44.1 Å². The third kappa shape index (κ3) is 9.33. The van der Waals surface area contributed by atoms with Crippen molar-refractivity contribution in [2.45, 2.75) is 252 Å². The van der Waals surface area contributed by atoms with Crippen molar-refractivity contribution < 1.29 is 107 Å². The lowest BCUT2D eigenvalue weighted by molar-refractivity contribution is -0.373. The van der Waals surface area contributed by atoms with Gasteiger partial charge < -0.3 is 97.7 Å². The van der Waals surface area contributed by atoms with Crippen LogP contribution in [0.4, 0.5) is 0 Å². The maximum atomic E-state index is 13.1. The van der Waals surface area contributed by atoms with Crippen LogP contribution >= 0.6 is 0 Å². The maximum absolute atomic E-state index is 13.1. The van der Waals surface area contributed by atoms with Gasteiger partial charge in [-0.1, -0.05) is 6.92 Å².